The van der Waals surface area contributed by atoms with Crippen molar-refractivity contribution in [1.29, 1.82) is 5.26 Å². The summed E-state index contributed by atoms with van der Waals surface area (Å²) in [4.78, 5) is 17.6. The van der Waals surface area contributed by atoms with Gasteiger partial charge in [-0.05, 0) is 48.4 Å². The van der Waals surface area contributed by atoms with E-state index in [1.54, 1.807) is 24.5 Å². The van der Waals surface area contributed by atoms with Gasteiger partial charge in [0.25, 0.3) is 0 Å². The molecule has 0 aliphatic carbocycles. The summed E-state index contributed by atoms with van der Waals surface area (Å²) < 4.78 is 0. The van der Waals surface area contributed by atoms with Gasteiger partial charge < -0.3 is 9.90 Å². The number of piperidine rings is 1. The average molecular weight is 420 g/mol. The molecule has 2 bridgehead atoms. The third kappa shape index (κ3) is 4.22. The molecule has 1 aromatic heterocycles. The van der Waals surface area contributed by atoms with Crippen molar-refractivity contribution in [3.8, 4) is 6.07 Å². The number of carboxylic acid groups (broad SMARTS) is 1. The van der Waals surface area contributed by atoms with Crippen LogP contribution in [0.3, 0.4) is 0 Å². The zero-order valence-electron chi connectivity index (χ0n) is 15.8. The molecule has 2 unspecified atom stereocenters. The number of hydrogen-bond donors (Lipinski definition) is 0. The molecule has 3 heterocycles. The van der Waals surface area contributed by atoms with Crippen molar-refractivity contribution in [2.24, 2.45) is 0 Å². The Labute approximate surface area is 212 Å². The van der Waals surface area contributed by atoms with Gasteiger partial charge in [-0.3, -0.25) is 9.88 Å². The van der Waals surface area contributed by atoms with Gasteiger partial charge in [0.2, 0.25) is 0 Å². The third-order valence-electron chi connectivity index (χ3n) is 5.97. The number of aromatic nitrogens is 1. The second-order valence-corrected chi connectivity index (χ2v) is 7.97. The van der Waals surface area contributed by atoms with Gasteiger partial charge in [-0.2, -0.15) is 5.26 Å². The molecular formula is C21H19ClKN3O2. The maximum absolute atomic E-state index is 10.9. The largest absolute Gasteiger partial charge is 1.00 e. The molecule has 2 fully saturated rings. The summed E-state index contributed by atoms with van der Waals surface area (Å²) >= 11 is 6.11. The van der Waals surface area contributed by atoms with Gasteiger partial charge in [-0.25, -0.2) is 0 Å². The smallest absolute Gasteiger partial charge is 0.545 e. The van der Waals surface area contributed by atoms with Crippen molar-refractivity contribution < 1.29 is 61.3 Å². The number of halogens is 1. The van der Waals surface area contributed by atoms with Crippen molar-refractivity contribution in [2.75, 3.05) is 0 Å². The number of carboxylic acids is 1. The summed E-state index contributed by atoms with van der Waals surface area (Å²) in [6.45, 7) is 0.762. The van der Waals surface area contributed by atoms with Gasteiger partial charge >= 0.3 is 51.4 Å². The molecule has 0 saturated carbocycles. The zero-order chi connectivity index (χ0) is 19.0. The number of nitrogens with zero attached hydrogens (tertiary/aromatic N) is 3. The molecule has 0 amide bonds. The van der Waals surface area contributed by atoms with E-state index in [2.05, 4.69) is 16.0 Å². The minimum atomic E-state index is -1.16. The molecule has 4 rings (SSSR count). The summed E-state index contributed by atoms with van der Waals surface area (Å²) in [7, 11) is 0. The van der Waals surface area contributed by atoms with Gasteiger partial charge in [-0.15, -0.1) is 0 Å². The van der Waals surface area contributed by atoms with Crippen LogP contribution in [-0.2, 0) is 12.0 Å². The van der Waals surface area contributed by atoms with E-state index in [-0.39, 0.29) is 56.9 Å². The number of pyridine rings is 1. The van der Waals surface area contributed by atoms with Crippen LogP contribution < -0.4 is 56.5 Å². The van der Waals surface area contributed by atoms with E-state index in [0.29, 0.717) is 17.1 Å². The Balaban J connectivity index is 0.00000225. The number of hydrogen-bond acceptors (Lipinski definition) is 5. The molecule has 2 aliphatic heterocycles. The first-order valence-electron chi connectivity index (χ1n) is 9.09. The monoisotopic (exact) mass is 419 g/mol. The normalized spacial score (nSPS) is 26.3. The Morgan fingerprint density at radius 3 is 2.43 bits per heavy atom. The first-order chi connectivity index (χ1) is 13.0. The molecule has 2 atom stereocenters. The molecule has 28 heavy (non-hydrogen) atoms. The molecule has 2 aromatic rings. The minimum Gasteiger partial charge on any atom is -0.545 e. The minimum absolute atomic E-state index is 0. The number of carbonyl (C=O) groups is 1. The quantitative estimate of drug-likeness (QED) is 0.635. The Morgan fingerprint density at radius 2 is 1.89 bits per heavy atom. The number of benzene rings is 1. The van der Waals surface area contributed by atoms with Crippen molar-refractivity contribution in [3.63, 3.8) is 0 Å². The van der Waals surface area contributed by atoms with Crippen molar-refractivity contribution in [2.45, 2.75) is 49.7 Å². The fraction of sp³-hybridized carbons (Fsp3) is 0.381. The molecular weight excluding hydrogens is 401 g/mol. The summed E-state index contributed by atoms with van der Waals surface area (Å²) in [5, 5.41) is 21.5. The second kappa shape index (κ2) is 8.93. The fourth-order valence-electron chi connectivity index (χ4n) is 4.62. The van der Waals surface area contributed by atoms with E-state index < -0.39 is 11.4 Å². The molecule has 0 spiro atoms. The molecule has 1 aromatic carbocycles. The summed E-state index contributed by atoms with van der Waals surface area (Å²) in [6, 6.07) is 12.0. The molecule has 7 heteroatoms. The second-order valence-electron chi connectivity index (χ2n) is 7.54. The van der Waals surface area contributed by atoms with Crippen molar-refractivity contribution in [3.05, 3.63) is 64.4 Å². The molecule has 2 aliphatic rings. The number of rotatable bonds is 4. The summed E-state index contributed by atoms with van der Waals surface area (Å²) in [5.41, 5.74) is 1.63. The van der Waals surface area contributed by atoms with Crippen LogP contribution in [-0.4, -0.2) is 27.9 Å². The van der Waals surface area contributed by atoms with Crippen LogP contribution in [0.1, 0.15) is 47.2 Å². The van der Waals surface area contributed by atoms with Crippen molar-refractivity contribution in [1.82, 2.24) is 9.88 Å². The van der Waals surface area contributed by atoms with Gasteiger partial charge in [0.05, 0.1) is 22.5 Å². The van der Waals surface area contributed by atoms with Crippen LogP contribution >= 0.6 is 11.6 Å². The van der Waals surface area contributed by atoms with E-state index in [9.17, 15) is 15.2 Å². The number of aromatic carboxylic acids is 1. The van der Waals surface area contributed by atoms with E-state index in [4.69, 9.17) is 11.6 Å². The standard InChI is InChI=1S/C21H20ClN3O2.K/c22-17-7-16(10-24-11-17)21(13-23)8-18-5-6-19(9-21)25(18)12-14-1-3-15(4-2-14)20(26)27;/h1-4,7,10-11,18-19H,5-6,8-9,12H2,(H,26,27);/q;+1/p-1. The summed E-state index contributed by atoms with van der Waals surface area (Å²) in [6.07, 6.45) is 7.02. The topological polar surface area (TPSA) is 80.0 Å². The first-order valence-corrected chi connectivity index (χ1v) is 9.47. The Hall–Kier alpha value is -0.784. The molecule has 2 saturated heterocycles. The SMILES string of the molecule is N#CC1(c2cncc(Cl)c2)CC2CCC(C1)N2Cc1ccc(C(=O)[O-])cc1.[K+]. The maximum atomic E-state index is 10.9. The van der Waals surface area contributed by atoms with Crippen LogP contribution in [0.5, 0.6) is 0 Å². The Morgan fingerprint density at radius 1 is 1.25 bits per heavy atom. The zero-order valence-corrected chi connectivity index (χ0v) is 19.6. The van der Waals surface area contributed by atoms with Gasteiger partial charge in [0.1, 0.15) is 0 Å². The van der Waals surface area contributed by atoms with Gasteiger partial charge in [0.15, 0.2) is 0 Å². The Kier molecular flexibility index (Phi) is 6.99. The first kappa shape index (κ1) is 21.9. The molecule has 138 valence electrons. The number of fused-ring (bicyclic) bond motifs is 2. The number of nitriles is 1. The molecule has 0 radical (unpaired) electrons. The van der Waals surface area contributed by atoms with Gasteiger partial charge in [-0.1, -0.05) is 35.9 Å². The van der Waals surface area contributed by atoms with Gasteiger partial charge in [0, 0.05) is 31.0 Å². The van der Waals surface area contributed by atoms with E-state index in [0.717, 1.165) is 43.4 Å². The predicted molar refractivity (Wildman–Crippen MR) is 98.9 cm³/mol. The average Bonchev–Trinajstić information content (AvgIpc) is 2.90. The van der Waals surface area contributed by atoms with Crippen LogP contribution in [0.25, 0.3) is 0 Å². The maximum Gasteiger partial charge on any atom is 1.00 e. The van der Waals surface area contributed by atoms with Crippen LogP contribution in [0.2, 0.25) is 5.02 Å². The number of carbonyl (C=O) groups excluding carboxylic acids is 1. The van der Waals surface area contributed by atoms with Crippen molar-refractivity contribution >= 4 is 17.6 Å². The van der Waals surface area contributed by atoms with Crippen LogP contribution in [0.4, 0.5) is 0 Å². The third-order valence-corrected chi connectivity index (χ3v) is 6.17. The van der Waals surface area contributed by atoms with Crippen LogP contribution in [0.15, 0.2) is 42.7 Å². The predicted octanol–water partition coefficient (Wildman–Crippen LogP) is -0.309. The van der Waals surface area contributed by atoms with E-state index in [1.165, 1.54) is 0 Å². The Bertz CT molecular complexity index is 899. The fourth-order valence-corrected chi connectivity index (χ4v) is 4.80. The molecule has 0 N–H and O–H groups in total. The van der Waals surface area contributed by atoms with Crippen LogP contribution in [0, 0.1) is 11.3 Å². The van der Waals surface area contributed by atoms with E-state index >= 15 is 0 Å². The van der Waals surface area contributed by atoms with E-state index in [1.807, 2.05) is 18.2 Å². The molecule has 5 nitrogen and oxygen atoms in total. The summed E-state index contributed by atoms with van der Waals surface area (Å²) in [5.74, 6) is -1.16.